The molecule has 0 atom stereocenters. The monoisotopic (exact) mass is 431 g/mol. The highest BCUT2D eigenvalue weighted by molar-refractivity contribution is 8.18. The summed E-state index contributed by atoms with van der Waals surface area (Å²) in [5, 5.41) is 12.1. The molecule has 0 radical (unpaired) electrons. The fraction of sp³-hybridized carbons (Fsp3) is 0.120. The number of fused-ring (bicyclic) bond motifs is 1. The molecule has 1 heterocycles. The number of hydrogen-bond acceptors (Lipinski definition) is 5. The summed E-state index contributed by atoms with van der Waals surface area (Å²) in [5.74, 6) is 0.0189. The van der Waals surface area contributed by atoms with Gasteiger partial charge in [0.1, 0.15) is 0 Å². The van der Waals surface area contributed by atoms with Crippen LogP contribution in [0.3, 0.4) is 0 Å². The first-order valence-corrected chi connectivity index (χ1v) is 10.6. The Bertz CT molecular complexity index is 1230. The Labute approximate surface area is 184 Å². The number of amides is 2. The first-order valence-electron chi connectivity index (χ1n) is 9.74. The highest BCUT2D eigenvalue weighted by Gasteiger charge is 2.35. The molecular formula is C25H21NO4S. The zero-order chi connectivity index (χ0) is 22.0. The molecule has 31 heavy (non-hydrogen) atoms. The van der Waals surface area contributed by atoms with E-state index in [1.807, 2.05) is 42.5 Å². The molecule has 2 amide bonds. The standard InChI is InChI=1S/C25H21NO4S/c1-3-6-20-12-17(13-21(30-2)23(20)27)14-22-24(28)26(25(29)31-22)15-16-9-10-18-7-4-5-8-19(18)11-16/h3-5,7-14,27H,1,6,15H2,2H3/b22-14-. The highest BCUT2D eigenvalue weighted by Crippen LogP contribution is 2.37. The molecule has 1 saturated heterocycles. The van der Waals surface area contributed by atoms with E-state index in [0.717, 1.165) is 28.1 Å². The lowest BCUT2D eigenvalue weighted by atomic mass is 10.0. The predicted octanol–water partition coefficient (Wildman–Crippen LogP) is 5.52. The Morgan fingerprint density at radius 2 is 1.87 bits per heavy atom. The van der Waals surface area contributed by atoms with Crippen molar-refractivity contribution in [2.75, 3.05) is 7.11 Å². The van der Waals surface area contributed by atoms with Gasteiger partial charge in [-0.15, -0.1) is 6.58 Å². The van der Waals surface area contributed by atoms with Crippen LogP contribution in [0.5, 0.6) is 11.5 Å². The number of imide groups is 1. The minimum absolute atomic E-state index is 0.0453. The second-order valence-electron chi connectivity index (χ2n) is 7.17. The zero-order valence-corrected chi connectivity index (χ0v) is 17.8. The summed E-state index contributed by atoms with van der Waals surface area (Å²) in [6.07, 6.45) is 3.78. The summed E-state index contributed by atoms with van der Waals surface area (Å²) in [6, 6.07) is 17.3. The number of methoxy groups -OCH3 is 1. The van der Waals surface area contributed by atoms with E-state index in [-0.39, 0.29) is 23.4 Å². The van der Waals surface area contributed by atoms with E-state index >= 15 is 0 Å². The smallest absolute Gasteiger partial charge is 0.293 e. The lowest BCUT2D eigenvalue weighted by molar-refractivity contribution is -0.123. The number of nitrogens with zero attached hydrogens (tertiary/aromatic N) is 1. The number of hydrogen-bond donors (Lipinski definition) is 1. The summed E-state index contributed by atoms with van der Waals surface area (Å²) in [5.41, 5.74) is 2.19. The number of phenols is 1. The van der Waals surface area contributed by atoms with Crippen molar-refractivity contribution in [3.05, 3.63) is 88.8 Å². The molecule has 5 nitrogen and oxygen atoms in total. The third-order valence-electron chi connectivity index (χ3n) is 5.09. The van der Waals surface area contributed by atoms with Crippen LogP contribution in [0.4, 0.5) is 4.79 Å². The van der Waals surface area contributed by atoms with Gasteiger partial charge in [-0.2, -0.15) is 0 Å². The Kier molecular flexibility index (Phi) is 5.82. The molecule has 0 aliphatic carbocycles. The summed E-state index contributed by atoms with van der Waals surface area (Å²) in [7, 11) is 1.47. The normalized spacial score (nSPS) is 15.1. The summed E-state index contributed by atoms with van der Waals surface area (Å²) in [4.78, 5) is 27.1. The van der Waals surface area contributed by atoms with E-state index < -0.39 is 0 Å². The summed E-state index contributed by atoms with van der Waals surface area (Å²) < 4.78 is 5.24. The number of allylic oxidation sites excluding steroid dienone is 1. The van der Waals surface area contributed by atoms with E-state index in [1.54, 1.807) is 24.3 Å². The molecule has 1 N–H and O–H groups in total. The molecule has 0 spiro atoms. The number of ether oxygens (including phenoxy) is 1. The minimum Gasteiger partial charge on any atom is -0.504 e. The minimum atomic E-state index is -0.333. The van der Waals surface area contributed by atoms with Gasteiger partial charge in [0.2, 0.25) is 0 Å². The van der Waals surface area contributed by atoms with Gasteiger partial charge in [0.05, 0.1) is 18.6 Å². The highest BCUT2D eigenvalue weighted by atomic mass is 32.2. The van der Waals surface area contributed by atoms with Crippen molar-refractivity contribution in [2.24, 2.45) is 0 Å². The van der Waals surface area contributed by atoms with Crippen LogP contribution in [0.2, 0.25) is 0 Å². The SMILES string of the molecule is C=CCc1cc(/C=C2\SC(=O)N(Cc3ccc4ccccc4c3)C2=O)cc(OC)c1O. The fourth-order valence-electron chi connectivity index (χ4n) is 3.55. The Balaban J connectivity index is 1.61. The van der Waals surface area contributed by atoms with E-state index in [4.69, 9.17) is 4.74 Å². The van der Waals surface area contributed by atoms with Crippen LogP contribution in [0.15, 0.2) is 72.2 Å². The molecule has 1 aliphatic rings. The van der Waals surface area contributed by atoms with Crippen LogP contribution in [-0.2, 0) is 17.8 Å². The van der Waals surface area contributed by atoms with Gasteiger partial charge in [0.25, 0.3) is 11.1 Å². The largest absolute Gasteiger partial charge is 0.504 e. The fourth-order valence-corrected chi connectivity index (χ4v) is 4.38. The molecule has 6 heteroatoms. The topological polar surface area (TPSA) is 66.8 Å². The van der Waals surface area contributed by atoms with Crippen molar-refractivity contribution < 1.29 is 19.4 Å². The number of aromatic hydroxyl groups is 1. The van der Waals surface area contributed by atoms with Gasteiger partial charge in [-0.3, -0.25) is 14.5 Å². The van der Waals surface area contributed by atoms with Gasteiger partial charge in [-0.25, -0.2) is 0 Å². The van der Waals surface area contributed by atoms with Crippen molar-refractivity contribution in [3.8, 4) is 11.5 Å². The molecule has 3 aromatic rings. The van der Waals surface area contributed by atoms with Crippen LogP contribution in [-0.4, -0.2) is 28.3 Å². The molecular weight excluding hydrogens is 410 g/mol. The molecule has 1 fully saturated rings. The number of rotatable bonds is 6. The van der Waals surface area contributed by atoms with E-state index in [9.17, 15) is 14.7 Å². The molecule has 0 saturated carbocycles. The van der Waals surface area contributed by atoms with Crippen molar-refractivity contribution in [1.29, 1.82) is 0 Å². The maximum Gasteiger partial charge on any atom is 0.293 e. The van der Waals surface area contributed by atoms with Gasteiger partial charge < -0.3 is 9.84 Å². The number of thioether (sulfide) groups is 1. The third-order valence-corrected chi connectivity index (χ3v) is 5.99. The maximum absolute atomic E-state index is 12.9. The second kappa shape index (κ2) is 8.70. The first-order chi connectivity index (χ1) is 15.0. The van der Waals surface area contributed by atoms with E-state index in [1.165, 1.54) is 12.0 Å². The second-order valence-corrected chi connectivity index (χ2v) is 8.17. The summed E-state index contributed by atoms with van der Waals surface area (Å²) >= 11 is 0.911. The summed E-state index contributed by atoms with van der Waals surface area (Å²) in [6.45, 7) is 3.92. The van der Waals surface area contributed by atoms with Gasteiger partial charge in [-0.05, 0) is 64.4 Å². The lowest BCUT2D eigenvalue weighted by Crippen LogP contribution is -2.27. The van der Waals surface area contributed by atoms with Crippen LogP contribution >= 0.6 is 11.8 Å². The Morgan fingerprint density at radius 1 is 1.10 bits per heavy atom. The quantitative estimate of drug-likeness (QED) is 0.411. The molecule has 3 aromatic carbocycles. The first kappa shape index (κ1) is 20.8. The van der Waals surface area contributed by atoms with Gasteiger partial charge in [0.15, 0.2) is 11.5 Å². The Morgan fingerprint density at radius 3 is 2.61 bits per heavy atom. The molecule has 156 valence electrons. The average molecular weight is 432 g/mol. The van der Waals surface area contributed by atoms with Crippen LogP contribution in [0, 0.1) is 0 Å². The van der Waals surface area contributed by atoms with Gasteiger partial charge in [-0.1, -0.05) is 42.5 Å². The molecule has 1 aliphatic heterocycles. The lowest BCUT2D eigenvalue weighted by Gasteiger charge is -2.13. The van der Waals surface area contributed by atoms with Crippen molar-refractivity contribution in [1.82, 2.24) is 4.90 Å². The van der Waals surface area contributed by atoms with E-state index in [0.29, 0.717) is 28.2 Å². The van der Waals surface area contributed by atoms with Crippen molar-refractivity contribution >= 4 is 39.8 Å². The third kappa shape index (κ3) is 4.20. The van der Waals surface area contributed by atoms with Crippen LogP contribution in [0.25, 0.3) is 16.8 Å². The molecule has 0 bridgehead atoms. The number of carbonyl (C=O) groups excluding carboxylic acids is 2. The zero-order valence-electron chi connectivity index (χ0n) is 17.0. The predicted molar refractivity (Wildman–Crippen MR) is 124 cm³/mol. The van der Waals surface area contributed by atoms with Gasteiger partial charge >= 0.3 is 0 Å². The van der Waals surface area contributed by atoms with Gasteiger partial charge in [0, 0.05) is 5.56 Å². The number of carbonyl (C=O) groups is 2. The van der Waals surface area contributed by atoms with E-state index in [2.05, 4.69) is 6.58 Å². The van der Waals surface area contributed by atoms with Crippen molar-refractivity contribution in [2.45, 2.75) is 13.0 Å². The average Bonchev–Trinajstić information content (AvgIpc) is 3.03. The van der Waals surface area contributed by atoms with Crippen molar-refractivity contribution in [3.63, 3.8) is 0 Å². The maximum atomic E-state index is 12.9. The number of benzene rings is 3. The molecule has 0 unspecified atom stereocenters. The molecule has 0 aromatic heterocycles. The molecule has 4 rings (SSSR count). The van der Waals surface area contributed by atoms with Crippen LogP contribution in [0.1, 0.15) is 16.7 Å². The van der Waals surface area contributed by atoms with Crippen LogP contribution < -0.4 is 4.74 Å². The number of phenolic OH excluding ortho intramolecular Hbond substituents is 1. The Hall–Kier alpha value is -3.51.